The molecule has 0 unspecified atom stereocenters. The quantitative estimate of drug-likeness (QED) is 0.169. The van der Waals surface area contributed by atoms with Crippen molar-refractivity contribution in [2.24, 2.45) is 0 Å². The van der Waals surface area contributed by atoms with Gasteiger partial charge in [-0.05, 0) is 35.4 Å². The van der Waals surface area contributed by atoms with Gasteiger partial charge in [0, 0.05) is 58.1 Å². The summed E-state index contributed by atoms with van der Waals surface area (Å²) in [7, 11) is 0. The number of nitrogens with zero attached hydrogens (tertiary/aromatic N) is 5. The van der Waals surface area contributed by atoms with Crippen molar-refractivity contribution >= 4 is 63.1 Å². The maximum Gasteiger partial charge on any atom is 0.165 e. The van der Waals surface area contributed by atoms with Crippen molar-refractivity contribution in [2.75, 3.05) is 0 Å². The lowest BCUT2D eigenvalue weighted by molar-refractivity contribution is 1.08. The van der Waals surface area contributed by atoms with Crippen LogP contribution in [0.4, 0.5) is 0 Å². The molecule has 7 heteroatoms. The van der Waals surface area contributed by atoms with Gasteiger partial charge >= 0.3 is 0 Å². The molecule has 4 aromatic heterocycles. The fourth-order valence-electron chi connectivity index (χ4n) is 7.52. The van der Waals surface area contributed by atoms with E-state index < -0.39 is 0 Å². The largest absolute Gasteiger partial charge is 0.226 e. The predicted molar refractivity (Wildman–Crippen MR) is 234 cm³/mol. The minimum atomic E-state index is 0.628. The van der Waals surface area contributed by atoms with Gasteiger partial charge in [0.2, 0.25) is 0 Å². The Morgan fingerprint density at radius 2 is 0.857 bits per heavy atom. The van der Waals surface area contributed by atoms with Gasteiger partial charge in [-0.15, -0.1) is 22.7 Å². The van der Waals surface area contributed by atoms with Crippen molar-refractivity contribution in [2.45, 2.75) is 0 Å². The Hall–Kier alpha value is -6.93. The second-order valence-electron chi connectivity index (χ2n) is 13.6. The van der Waals surface area contributed by atoms with Crippen molar-refractivity contribution in [3.63, 3.8) is 0 Å². The van der Waals surface area contributed by atoms with Crippen LogP contribution in [0, 0.1) is 0 Å². The van der Waals surface area contributed by atoms with Gasteiger partial charge in [-0.25, -0.2) is 24.9 Å². The van der Waals surface area contributed by atoms with E-state index in [4.69, 9.17) is 24.9 Å². The monoisotopic (exact) mass is 751 g/mol. The Balaban J connectivity index is 1.12. The third-order valence-electron chi connectivity index (χ3n) is 10.2. The zero-order valence-corrected chi connectivity index (χ0v) is 31.4. The van der Waals surface area contributed by atoms with E-state index >= 15 is 0 Å². The van der Waals surface area contributed by atoms with Gasteiger partial charge in [0.25, 0.3) is 0 Å². The molecule has 7 aromatic carbocycles. The van der Waals surface area contributed by atoms with Crippen molar-refractivity contribution in [1.29, 1.82) is 0 Å². The Morgan fingerprint density at radius 1 is 0.321 bits per heavy atom. The molecule has 262 valence electrons. The molecule has 0 atom stereocenters. The van der Waals surface area contributed by atoms with Crippen LogP contribution < -0.4 is 0 Å². The van der Waals surface area contributed by atoms with Crippen molar-refractivity contribution < 1.29 is 0 Å². The number of rotatable bonds is 6. The van der Waals surface area contributed by atoms with Crippen molar-refractivity contribution in [1.82, 2.24) is 24.9 Å². The molecule has 0 fully saturated rings. The van der Waals surface area contributed by atoms with E-state index in [0.717, 1.165) is 80.4 Å². The number of thiophene rings is 2. The third kappa shape index (κ3) is 5.56. The summed E-state index contributed by atoms with van der Waals surface area (Å²) in [5, 5.41) is 3.39. The lowest BCUT2D eigenvalue weighted by Crippen LogP contribution is -2.00. The molecular weight excluding hydrogens is 723 g/mol. The van der Waals surface area contributed by atoms with E-state index in [1.807, 2.05) is 42.5 Å². The molecule has 0 saturated heterocycles. The lowest BCUT2D eigenvalue weighted by Gasteiger charge is -2.10. The molecule has 0 amide bonds. The number of aromatic nitrogens is 5. The molecule has 0 bridgehead atoms. The summed E-state index contributed by atoms with van der Waals surface area (Å²) in [4.78, 5) is 26.1. The molecule has 11 aromatic rings. The van der Waals surface area contributed by atoms with Crippen LogP contribution >= 0.6 is 22.7 Å². The maximum atomic E-state index is 5.34. The lowest BCUT2D eigenvalue weighted by atomic mass is 10.0. The highest BCUT2D eigenvalue weighted by Gasteiger charge is 2.21. The molecular formula is C49H29N5S2. The summed E-state index contributed by atoms with van der Waals surface area (Å²) < 4.78 is 4.56. The topological polar surface area (TPSA) is 64.5 Å². The first-order valence-corrected chi connectivity index (χ1v) is 20.1. The predicted octanol–water partition coefficient (Wildman–Crippen LogP) is 13.4. The van der Waals surface area contributed by atoms with Gasteiger partial charge in [0.1, 0.15) is 0 Å². The highest BCUT2D eigenvalue weighted by molar-refractivity contribution is 7.26. The van der Waals surface area contributed by atoms with Crippen LogP contribution in [0.3, 0.4) is 0 Å². The molecule has 0 aliphatic carbocycles. The van der Waals surface area contributed by atoms with Crippen LogP contribution in [0.1, 0.15) is 0 Å². The van der Waals surface area contributed by atoms with Gasteiger partial charge in [-0.2, -0.15) is 0 Å². The van der Waals surface area contributed by atoms with Crippen molar-refractivity contribution in [3.05, 3.63) is 176 Å². The van der Waals surface area contributed by atoms with E-state index in [1.165, 1.54) is 4.70 Å². The third-order valence-corrected chi connectivity index (χ3v) is 12.5. The summed E-state index contributed by atoms with van der Waals surface area (Å²) in [6.07, 6.45) is 0. The van der Waals surface area contributed by atoms with Gasteiger partial charge < -0.3 is 0 Å². The van der Waals surface area contributed by atoms with Crippen molar-refractivity contribution in [3.8, 4) is 67.9 Å². The normalized spacial score (nSPS) is 11.6. The Bertz CT molecular complexity index is 3250. The van der Waals surface area contributed by atoms with Crippen LogP contribution in [-0.4, -0.2) is 24.9 Å². The zero-order valence-electron chi connectivity index (χ0n) is 29.8. The Morgan fingerprint density at radius 3 is 1.66 bits per heavy atom. The summed E-state index contributed by atoms with van der Waals surface area (Å²) >= 11 is 3.50. The molecule has 11 rings (SSSR count). The molecule has 0 aliphatic rings. The average Bonchev–Trinajstić information content (AvgIpc) is 3.86. The van der Waals surface area contributed by atoms with E-state index in [9.17, 15) is 0 Å². The van der Waals surface area contributed by atoms with Gasteiger partial charge in [0.15, 0.2) is 23.3 Å². The molecule has 56 heavy (non-hydrogen) atoms. The number of hydrogen-bond donors (Lipinski definition) is 0. The summed E-state index contributed by atoms with van der Waals surface area (Å²) in [6, 6.07) is 60.8. The summed E-state index contributed by atoms with van der Waals surface area (Å²) in [6.45, 7) is 0. The average molecular weight is 752 g/mol. The van der Waals surface area contributed by atoms with Crippen LogP contribution in [0.2, 0.25) is 0 Å². The summed E-state index contributed by atoms with van der Waals surface area (Å²) in [5.74, 6) is 2.60. The smallest absolute Gasteiger partial charge is 0.165 e. The molecule has 5 nitrogen and oxygen atoms in total. The highest BCUT2D eigenvalue weighted by atomic mass is 32.1. The second-order valence-corrected chi connectivity index (χ2v) is 15.7. The molecule has 0 spiro atoms. The van der Waals surface area contributed by atoms with Crippen LogP contribution in [0.25, 0.3) is 108 Å². The Labute approximate surface area is 330 Å². The van der Waals surface area contributed by atoms with Gasteiger partial charge in [-0.1, -0.05) is 152 Å². The summed E-state index contributed by atoms with van der Waals surface area (Å²) in [5.41, 5.74) is 9.08. The zero-order chi connectivity index (χ0) is 37.0. The molecule has 0 saturated carbocycles. The molecule has 0 radical (unpaired) electrons. The van der Waals surface area contributed by atoms with Crippen LogP contribution in [0.5, 0.6) is 0 Å². The first kappa shape index (κ1) is 32.5. The molecule has 0 aliphatic heterocycles. The van der Waals surface area contributed by atoms with E-state index in [2.05, 4.69) is 133 Å². The van der Waals surface area contributed by atoms with E-state index in [-0.39, 0.29) is 0 Å². The Kier molecular flexibility index (Phi) is 7.79. The first-order valence-electron chi connectivity index (χ1n) is 18.4. The minimum absolute atomic E-state index is 0.628. The van der Waals surface area contributed by atoms with Crippen LogP contribution in [-0.2, 0) is 0 Å². The minimum Gasteiger partial charge on any atom is -0.226 e. The van der Waals surface area contributed by atoms with E-state index in [0.29, 0.717) is 23.3 Å². The standard InChI is InChI=1S/C49H29N5S2/c1-4-15-30(16-5-1)33-21-12-22-34(29-33)47-52-46(32-19-8-3-9-20-32)53-49(54-47)38-26-13-24-36-41-37(25-14-28-40(41)56-44(36)38)48-50-42(31-17-6-2-7-18-31)45-43(51-48)35-23-10-11-27-39(35)55-45/h1-29H. The first-order chi connectivity index (χ1) is 27.7. The highest BCUT2D eigenvalue weighted by Crippen LogP contribution is 2.45. The maximum absolute atomic E-state index is 5.34. The fourth-order valence-corrected chi connectivity index (χ4v) is 9.92. The molecule has 4 heterocycles. The fraction of sp³-hybridized carbons (Fsp3) is 0. The number of fused-ring (bicyclic) bond motifs is 6. The van der Waals surface area contributed by atoms with E-state index in [1.54, 1.807) is 22.7 Å². The SMILES string of the molecule is c1ccc(-c2cccc(-c3nc(-c4ccccc4)nc(-c4cccc5c4sc4cccc(-c6nc(-c7ccccc7)c7sc8ccccc8c7n6)c45)n3)c2)cc1. The van der Waals surface area contributed by atoms with Crippen LogP contribution in [0.15, 0.2) is 176 Å². The number of benzene rings is 7. The molecule has 0 N–H and O–H groups in total. The van der Waals surface area contributed by atoms with Gasteiger partial charge in [0.05, 0.1) is 15.9 Å². The van der Waals surface area contributed by atoms with Gasteiger partial charge in [-0.3, -0.25) is 0 Å². The second kappa shape index (κ2) is 13.4. The number of hydrogen-bond acceptors (Lipinski definition) is 7.